The predicted octanol–water partition coefficient (Wildman–Crippen LogP) is -0.497. The molecule has 2 aliphatic rings. The molecule has 1 N–H and O–H groups in total. The fraction of sp³-hybridized carbons (Fsp3) is 0.733. The third-order valence-corrected chi connectivity index (χ3v) is 6.68. The normalized spacial score (nSPS) is 23.4. The third kappa shape index (κ3) is 3.71. The van der Waals surface area contributed by atoms with E-state index in [-0.39, 0.29) is 23.1 Å². The second kappa shape index (κ2) is 7.40. The number of carbonyl (C=O) groups is 1. The van der Waals surface area contributed by atoms with Crippen LogP contribution >= 0.6 is 0 Å². The molecule has 0 aromatic carbocycles. The summed E-state index contributed by atoms with van der Waals surface area (Å²) in [6, 6.07) is 0. The van der Waals surface area contributed by atoms with Crippen LogP contribution in [0.25, 0.3) is 0 Å². The molecule has 0 spiro atoms. The lowest BCUT2D eigenvalue weighted by molar-refractivity contribution is -0.145. The van der Waals surface area contributed by atoms with Crippen molar-refractivity contribution < 1.29 is 22.5 Å². The molecule has 0 radical (unpaired) electrons. The Bertz CT molecular complexity index is 707. The molecule has 25 heavy (non-hydrogen) atoms. The number of ether oxygens (including phenoxy) is 1. The van der Waals surface area contributed by atoms with E-state index in [2.05, 4.69) is 10.5 Å². The predicted molar refractivity (Wildman–Crippen MR) is 88.5 cm³/mol. The molecule has 1 atom stereocenters. The van der Waals surface area contributed by atoms with Crippen LogP contribution < -0.4 is 5.32 Å². The lowest BCUT2D eigenvalue weighted by Gasteiger charge is -2.29. The van der Waals surface area contributed by atoms with E-state index in [1.807, 2.05) is 0 Å². The van der Waals surface area contributed by atoms with E-state index in [0.29, 0.717) is 44.9 Å². The molecule has 0 bridgehead atoms. The van der Waals surface area contributed by atoms with Gasteiger partial charge in [-0.2, -0.15) is 4.31 Å². The number of morpholine rings is 1. The number of hydrogen-bond donors (Lipinski definition) is 1. The van der Waals surface area contributed by atoms with E-state index in [9.17, 15) is 13.2 Å². The SMILES string of the molecule is Cc1noc(C)c1S(=O)(=O)N1CCCN(C(=O)C2CNCCO2)CC1. The van der Waals surface area contributed by atoms with Crippen molar-refractivity contribution in [3.05, 3.63) is 11.5 Å². The maximum atomic E-state index is 12.9. The van der Waals surface area contributed by atoms with Crippen molar-refractivity contribution in [2.24, 2.45) is 0 Å². The van der Waals surface area contributed by atoms with Gasteiger partial charge in [-0.3, -0.25) is 4.79 Å². The summed E-state index contributed by atoms with van der Waals surface area (Å²) in [5.41, 5.74) is 0.358. The molecule has 140 valence electrons. The van der Waals surface area contributed by atoms with Crippen LogP contribution in [-0.4, -0.2) is 80.7 Å². The minimum Gasteiger partial charge on any atom is -0.366 e. The largest absolute Gasteiger partial charge is 0.366 e. The van der Waals surface area contributed by atoms with Crippen LogP contribution in [-0.2, 0) is 19.6 Å². The van der Waals surface area contributed by atoms with Crippen LogP contribution in [0, 0.1) is 13.8 Å². The molecule has 0 aliphatic carbocycles. The summed E-state index contributed by atoms with van der Waals surface area (Å²) in [7, 11) is -3.68. The van der Waals surface area contributed by atoms with Crippen LogP contribution in [0.4, 0.5) is 0 Å². The molecule has 1 aromatic heterocycles. The summed E-state index contributed by atoms with van der Waals surface area (Å²) >= 11 is 0. The number of nitrogens with one attached hydrogen (secondary N) is 1. The van der Waals surface area contributed by atoms with Gasteiger partial charge in [0.05, 0.1) is 6.61 Å². The van der Waals surface area contributed by atoms with Gasteiger partial charge in [0.25, 0.3) is 5.91 Å². The average Bonchev–Trinajstić information content (AvgIpc) is 2.81. The first-order chi connectivity index (χ1) is 11.9. The van der Waals surface area contributed by atoms with Crippen molar-refractivity contribution >= 4 is 15.9 Å². The van der Waals surface area contributed by atoms with Crippen molar-refractivity contribution in [2.45, 2.75) is 31.3 Å². The van der Waals surface area contributed by atoms with E-state index in [4.69, 9.17) is 9.26 Å². The lowest BCUT2D eigenvalue weighted by Crippen LogP contribution is -2.50. The Hall–Kier alpha value is -1.49. The highest BCUT2D eigenvalue weighted by atomic mass is 32.2. The Morgan fingerprint density at radius 1 is 1.24 bits per heavy atom. The van der Waals surface area contributed by atoms with Crippen LogP contribution in [0.3, 0.4) is 0 Å². The molecular weight excluding hydrogens is 348 g/mol. The molecule has 1 aromatic rings. The summed E-state index contributed by atoms with van der Waals surface area (Å²) in [6.07, 6.45) is 0.0913. The highest BCUT2D eigenvalue weighted by Gasteiger charge is 2.34. The summed E-state index contributed by atoms with van der Waals surface area (Å²) in [4.78, 5) is 14.4. The molecule has 2 fully saturated rings. The van der Waals surface area contributed by atoms with Gasteiger partial charge in [0.1, 0.15) is 16.7 Å². The number of rotatable bonds is 3. The highest BCUT2D eigenvalue weighted by molar-refractivity contribution is 7.89. The summed E-state index contributed by atoms with van der Waals surface area (Å²) in [5.74, 6) is 0.208. The molecule has 9 nitrogen and oxygen atoms in total. The zero-order valence-electron chi connectivity index (χ0n) is 14.5. The minimum atomic E-state index is -3.68. The van der Waals surface area contributed by atoms with E-state index in [1.165, 1.54) is 4.31 Å². The van der Waals surface area contributed by atoms with Gasteiger partial charge in [-0.05, 0) is 20.3 Å². The Morgan fingerprint density at radius 2 is 2.04 bits per heavy atom. The number of sulfonamides is 1. The second-order valence-electron chi connectivity index (χ2n) is 6.30. The van der Waals surface area contributed by atoms with Crippen LogP contribution in [0.2, 0.25) is 0 Å². The molecule has 10 heteroatoms. The Balaban J connectivity index is 1.70. The fourth-order valence-corrected chi connectivity index (χ4v) is 5.01. The number of amides is 1. The molecule has 0 saturated carbocycles. The van der Waals surface area contributed by atoms with Gasteiger partial charge in [-0.15, -0.1) is 0 Å². The van der Waals surface area contributed by atoms with Crippen LogP contribution in [0.1, 0.15) is 17.9 Å². The number of nitrogens with zero attached hydrogens (tertiary/aromatic N) is 3. The van der Waals surface area contributed by atoms with Gasteiger partial charge in [0, 0.05) is 39.3 Å². The number of aromatic nitrogens is 1. The average molecular weight is 372 g/mol. The first kappa shape index (κ1) is 18.3. The highest BCUT2D eigenvalue weighted by Crippen LogP contribution is 2.24. The van der Waals surface area contributed by atoms with E-state index in [0.717, 1.165) is 6.54 Å². The van der Waals surface area contributed by atoms with Gasteiger partial charge < -0.3 is 19.5 Å². The van der Waals surface area contributed by atoms with E-state index < -0.39 is 16.1 Å². The van der Waals surface area contributed by atoms with E-state index in [1.54, 1.807) is 18.7 Å². The number of carbonyl (C=O) groups excluding carboxylic acids is 1. The van der Waals surface area contributed by atoms with Crippen LogP contribution in [0.15, 0.2) is 9.42 Å². The first-order valence-corrected chi connectivity index (χ1v) is 9.89. The zero-order valence-corrected chi connectivity index (χ0v) is 15.3. The van der Waals surface area contributed by atoms with E-state index >= 15 is 0 Å². The Morgan fingerprint density at radius 3 is 2.68 bits per heavy atom. The maximum Gasteiger partial charge on any atom is 0.253 e. The maximum absolute atomic E-state index is 12.9. The van der Waals surface area contributed by atoms with Gasteiger partial charge in [-0.1, -0.05) is 5.16 Å². The molecule has 3 rings (SSSR count). The molecule has 2 saturated heterocycles. The van der Waals surface area contributed by atoms with Gasteiger partial charge in [0.15, 0.2) is 5.76 Å². The van der Waals surface area contributed by atoms with Gasteiger partial charge in [-0.25, -0.2) is 8.42 Å². The molecule has 3 heterocycles. The molecular formula is C15H24N4O5S. The van der Waals surface area contributed by atoms with Crippen LogP contribution in [0.5, 0.6) is 0 Å². The first-order valence-electron chi connectivity index (χ1n) is 8.45. The Labute approximate surface area is 147 Å². The Kier molecular flexibility index (Phi) is 5.42. The van der Waals surface area contributed by atoms with Crippen molar-refractivity contribution in [2.75, 3.05) is 45.9 Å². The minimum absolute atomic E-state index is 0.0798. The summed E-state index contributed by atoms with van der Waals surface area (Å²) in [6.45, 7) is 6.44. The van der Waals surface area contributed by atoms with Crippen molar-refractivity contribution in [1.82, 2.24) is 19.7 Å². The van der Waals surface area contributed by atoms with Crippen molar-refractivity contribution in [3.8, 4) is 0 Å². The van der Waals surface area contributed by atoms with Crippen molar-refractivity contribution in [1.29, 1.82) is 0 Å². The van der Waals surface area contributed by atoms with Crippen molar-refractivity contribution in [3.63, 3.8) is 0 Å². The molecule has 1 amide bonds. The second-order valence-corrected chi connectivity index (χ2v) is 8.17. The quantitative estimate of drug-likeness (QED) is 0.763. The lowest BCUT2D eigenvalue weighted by atomic mass is 10.2. The topological polar surface area (TPSA) is 105 Å². The molecule has 2 aliphatic heterocycles. The monoisotopic (exact) mass is 372 g/mol. The zero-order chi connectivity index (χ0) is 18.0. The summed E-state index contributed by atoms with van der Waals surface area (Å²) in [5, 5.41) is 6.87. The van der Waals surface area contributed by atoms with Gasteiger partial charge in [0.2, 0.25) is 10.0 Å². The number of hydrogen-bond acceptors (Lipinski definition) is 7. The fourth-order valence-electron chi connectivity index (χ4n) is 3.25. The summed E-state index contributed by atoms with van der Waals surface area (Å²) < 4.78 is 37.7. The smallest absolute Gasteiger partial charge is 0.253 e. The molecule has 1 unspecified atom stereocenters. The van der Waals surface area contributed by atoms with Gasteiger partial charge >= 0.3 is 0 Å². The number of aryl methyl sites for hydroxylation is 2. The third-order valence-electron chi connectivity index (χ3n) is 4.54. The standard InChI is InChI=1S/C15H24N4O5S/c1-11-14(12(2)24-17-11)25(21,22)19-6-3-5-18(7-8-19)15(20)13-10-16-4-9-23-13/h13,16H,3-10H2,1-2H3.